The molecule has 0 spiro atoms. The van der Waals surface area contributed by atoms with Gasteiger partial charge in [0.15, 0.2) is 9.84 Å². The maximum absolute atomic E-state index is 14.1. The molecule has 4 fully saturated rings. The molecule has 0 radical (unpaired) electrons. The molecule has 4 rings (SSSR count). The first-order valence-corrected chi connectivity index (χ1v) is 16.4. The number of nitrogens with one attached hydrogen (secondary N) is 2. The Hall–Kier alpha value is -1.84. The van der Waals surface area contributed by atoms with Crippen molar-refractivity contribution < 1.29 is 27.9 Å². The van der Waals surface area contributed by atoms with Crippen molar-refractivity contribution in [3.8, 4) is 0 Å². The van der Waals surface area contributed by atoms with E-state index in [9.17, 15) is 27.9 Å². The van der Waals surface area contributed by atoms with Crippen molar-refractivity contribution in [1.29, 1.82) is 0 Å². The van der Waals surface area contributed by atoms with E-state index in [-0.39, 0.29) is 28.9 Å². The van der Waals surface area contributed by atoms with Crippen molar-refractivity contribution >= 4 is 27.7 Å². The quantitative estimate of drug-likeness (QED) is 0.424. The van der Waals surface area contributed by atoms with Gasteiger partial charge in [-0.25, -0.2) is 18.0 Å². The average Bonchev–Trinajstić information content (AvgIpc) is 3.15. The van der Waals surface area contributed by atoms with E-state index in [4.69, 9.17) is 0 Å². The van der Waals surface area contributed by atoms with Crippen LogP contribution in [0.2, 0.25) is 0 Å². The number of amides is 3. The number of nitrogens with zero attached hydrogens (tertiary/aromatic N) is 1. The molecule has 0 aromatic rings. The zero-order valence-corrected chi connectivity index (χ0v) is 25.5. The Kier molecular flexibility index (Phi) is 7.89. The van der Waals surface area contributed by atoms with Crippen LogP contribution in [0, 0.1) is 22.7 Å². The standard InChI is InChI=1S/C29H49N3O6S/c1-26(2,3)39(37,38)18-29(15-11-8-12-16-29)31-25(36)30-22(28(6)13-9-7-10-14-28)23(33)32-17-19-20(27(19,4)5)21(32)24(34)35/h19-22H,7-18H2,1-6H3,(H,34,35)(H2,30,31,36)/t19-,20-,21-,22+/m0/s1. The van der Waals surface area contributed by atoms with Crippen molar-refractivity contribution in [2.45, 2.75) is 128 Å². The van der Waals surface area contributed by atoms with Gasteiger partial charge in [0.2, 0.25) is 5.91 Å². The maximum Gasteiger partial charge on any atom is 0.326 e. The largest absolute Gasteiger partial charge is 0.480 e. The van der Waals surface area contributed by atoms with Gasteiger partial charge in [-0.2, -0.15) is 0 Å². The molecule has 39 heavy (non-hydrogen) atoms. The van der Waals surface area contributed by atoms with Gasteiger partial charge in [-0.1, -0.05) is 59.3 Å². The lowest BCUT2D eigenvalue weighted by molar-refractivity contribution is -0.152. The normalized spacial score (nSPS) is 30.1. The highest BCUT2D eigenvalue weighted by Gasteiger charge is 2.70. The van der Waals surface area contributed by atoms with Crippen LogP contribution in [-0.4, -0.2) is 71.0 Å². The summed E-state index contributed by atoms with van der Waals surface area (Å²) in [6.45, 7) is 11.6. The van der Waals surface area contributed by atoms with Crippen LogP contribution >= 0.6 is 0 Å². The summed E-state index contributed by atoms with van der Waals surface area (Å²) in [4.78, 5) is 41.6. The maximum atomic E-state index is 14.1. The SMILES string of the molecule is CC1([C@H](NC(=O)NC2(CS(=O)(=O)C(C)(C)C)CCCCC2)C(=O)N2C[C@H]3[C@@H]([C@H]2C(=O)O)C3(C)C)CCCCC1. The van der Waals surface area contributed by atoms with Gasteiger partial charge in [0.05, 0.1) is 16.0 Å². The highest BCUT2D eigenvalue weighted by atomic mass is 32.2. The van der Waals surface area contributed by atoms with Crippen molar-refractivity contribution in [2.24, 2.45) is 22.7 Å². The first-order valence-electron chi connectivity index (χ1n) is 14.8. The highest BCUT2D eigenvalue weighted by Crippen LogP contribution is 2.65. The molecule has 222 valence electrons. The van der Waals surface area contributed by atoms with Crippen LogP contribution in [0.3, 0.4) is 0 Å². The number of aliphatic carboxylic acids is 1. The molecule has 4 atom stereocenters. The van der Waals surface area contributed by atoms with Gasteiger partial charge in [0, 0.05) is 12.5 Å². The van der Waals surface area contributed by atoms with Crippen LogP contribution in [0.15, 0.2) is 0 Å². The lowest BCUT2D eigenvalue weighted by Gasteiger charge is -2.44. The van der Waals surface area contributed by atoms with Gasteiger partial charge in [-0.15, -0.1) is 0 Å². The molecule has 0 aromatic carbocycles. The van der Waals surface area contributed by atoms with Gasteiger partial charge in [-0.3, -0.25) is 4.79 Å². The second kappa shape index (κ2) is 10.2. The van der Waals surface area contributed by atoms with Crippen molar-refractivity contribution in [1.82, 2.24) is 15.5 Å². The number of fused-ring (bicyclic) bond motifs is 1. The predicted molar refractivity (Wildman–Crippen MR) is 150 cm³/mol. The lowest BCUT2D eigenvalue weighted by Crippen LogP contribution is -2.64. The van der Waals surface area contributed by atoms with Gasteiger partial charge in [0.25, 0.3) is 0 Å². The molecule has 9 nitrogen and oxygen atoms in total. The summed E-state index contributed by atoms with van der Waals surface area (Å²) in [5, 5.41) is 16.1. The monoisotopic (exact) mass is 567 g/mol. The zero-order valence-electron chi connectivity index (χ0n) is 24.6. The van der Waals surface area contributed by atoms with E-state index in [0.717, 1.165) is 51.4 Å². The zero-order chi connectivity index (χ0) is 29.0. The molecule has 1 heterocycles. The molecule has 3 amide bonds. The number of carboxylic acids is 1. The van der Waals surface area contributed by atoms with Crippen LogP contribution in [0.5, 0.6) is 0 Å². The first-order chi connectivity index (χ1) is 17.9. The van der Waals surface area contributed by atoms with E-state index in [1.807, 2.05) is 6.92 Å². The Morgan fingerprint density at radius 1 is 0.949 bits per heavy atom. The van der Waals surface area contributed by atoms with Crippen LogP contribution in [0.25, 0.3) is 0 Å². The first kappa shape index (κ1) is 30.1. The third kappa shape index (κ3) is 5.68. The average molecular weight is 568 g/mol. The second-order valence-electron chi connectivity index (χ2n) is 14.7. The molecule has 1 aliphatic heterocycles. The molecule has 4 aliphatic rings. The number of likely N-dealkylation sites (tertiary alicyclic amines) is 1. The summed E-state index contributed by atoms with van der Waals surface area (Å²) in [6.07, 6.45) is 8.25. The Morgan fingerprint density at radius 2 is 1.49 bits per heavy atom. The van der Waals surface area contributed by atoms with Gasteiger partial charge in [0.1, 0.15) is 12.1 Å². The van der Waals surface area contributed by atoms with Crippen molar-refractivity contribution in [3.05, 3.63) is 0 Å². The van der Waals surface area contributed by atoms with E-state index in [2.05, 4.69) is 24.5 Å². The van der Waals surface area contributed by atoms with Crippen molar-refractivity contribution in [2.75, 3.05) is 12.3 Å². The fourth-order valence-corrected chi connectivity index (χ4v) is 9.19. The van der Waals surface area contributed by atoms with E-state index < -0.39 is 49.6 Å². The molecule has 0 unspecified atom stereocenters. The number of carbonyl (C=O) groups excluding carboxylic acids is 2. The number of hydrogen-bond acceptors (Lipinski definition) is 5. The minimum absolute atomic E-state index is 0.0827. The van der Waals surface area contributed by atoms with E-state index in [1.54, 1.807) is 20.8 Å². The Balaban J connectivity index is 1.58. The molecule has 3 saturated carbocycles. The number of sulfone groups is 1. The number of carboxylic acid groups (broad SMARTS) is 1. The number of piperidine rings is 1. The van der Waals surface area contributed by atoms with Crippen LogP contribution in [-0.2, 0) is 19.4 Å². The number of rotatable bonds is 7. The topological polar surface area (TPSA) is 133 Å². The summed E-state index contributed by atoms with van der Waals surface area (Å²) in [6, 6.07) is -2.30. The summed E-state index contributed by atoms with van der Waals surface area (Å²) < 4.78 is 25.5. The summed E-state index contributed by atoms with van der Waals surface area (Å²) in [5.74, 6) is -1.40. The molecule has 0 bridgehead atoms. The third-order valence-electron chi connectivity index (χ3n) is 10.5. The van der Waals surface area contributed by atoms with Crippen molar-refractivity contribution in [3.63, 3.8) is 0 Å². The fourth-order valence-electron chi connectivity index (χ4n) is 7.67. The molecular formula is C29H49N3O6S. The Bertz CT molecular complexity index is 1080. The minimum Gasteiger partial charge on any atom is -0.480 e. The predicted octanol–water partition coefficient (Wildman–Crippen LogP) is 4.11. The molecule has 0 aromatic heterocycles. The van der Waals surface area contributed by atoms with E-state index in [0.29, 0.717) is 19.4 Å². The van der Waals surface area contributed by atoms with Gasteiger partial charge < -0.3 is 20.6 Å². The Labute approximate surface area is 234 Å². The summed E-state index contributed by atoms with van der Waals surface area (Å²) >= 11 is 0. The van der Waals surface area contributed by atoms with E-state index >= 15 is 0 Å². The molecule has 10 heteroatoms. The summed E-state index contributed by atoms with van der Waals surface area (Å²) in [5.41, 5.74) is -1.51. The van der Waals surface area contributed by atoms with Gasteiger partial charge >= 0.3 is 12.0 Å². The second-order valence-corrected chi connectivity index (χ2v) is 17.4. The minimum atomic E-state index is -3.50. The van der Waals surface area contributed by atoms with Crippen LogP contribution < -0.4 is 10.6 Å². The van der Waals surface area contributed by atoms with Crippen LogP contribution in [0.1, 0.15) is 106 Å². The number of hydrogen-bond donors (Lipinski definition) is 3. The third-order valence-corrected chi connectivity index (χ3v) is 13.3. The lowest BCUT2D eigenvalue weighted by atomic mass is 9.70. The molecule has 3 aliphatic carbocycles. The molecule has 3 N–H and O–H groups in total. The van der Waals surface area contributed by atoms with E-state index in [1.165, 1.54) is 4.90 Å². The van der Waals surface area contributed by atoms with Crippen LogP contribution in [0.4, 0.5) is 4.79 Å². The fraction of sp³-hybridized carbons (Fsp3) is 0.897. The number of carbonyl (C=O) groups is 3. The smallest absolute Gasteiger partial charge is 0.326 e. The molecular weight excluding hydrogens is 518 g/mol. The summed E-state index contributed by atoms with van der Waals surface area (Å²) in [7, 11) is -3.50. The Morgan fingerprint density at radius 3 is 2.00 bits per heavy atom. The van der Waals surface area contributed by atoms with Gasteiger partial charge in [-0.05, 0) is 63.2 Å². The number of urea groups is 1. The molecule has 1 saturated heterocycles. The highest BCUT2D eigenvalue weighted by molar-refractivity contribution is 7.92.